The molecular formula is C22H30N3O2+. The fraction of sp³-hybridized carbons (Fsp3) is 0.364. The maximum Gasteiger partial charge on any atom is 0.275 e. The highest BCUT2D eigenvalue weighted by molar-refractivity contribution is 5.87. The zero-order chi connectivity index (χ0) is 19.6. The van der Waals surface area contributed by atoms with E-state index in [9.17, 15) is 9.59 Å². The van der Waals surface area contributed by atoms with Crippen LogP contribution in [0.4, 0.5) is 0 Å². The van der Waals surface area contributed by atoms with Crippen molar-refractivity contribution in [2.24, 2.45) is 0 Å². The summed E-state index contributed by atoms with van der Waals surface area (Å²) < 4.78 is 0. The van der Waals surface area contributed by atoms with Gasteiger partial charge in [-0.15, -0.1) is 0 Å². The Kier molecular flexibility index (Phi) is 8.01. The Hall–Kier alpha value is -2.66. The number of hydrogen-bond donors (Lipinski definition) is 3. The van der Waals surface area contributed by atoms with Crippen LogP contribution < -0.4 is 16.0 Å². The van der Waals surface area contributed by atoms with Gasteiger partial charge in [0.25, 0.3) is 5.91 Å². The highest BCUT2D eigenvalue weighted by Gasteiger charge is 2.21. The van der Waals surface area contributed by atoms with Crippen LogP contribution in [0.5, 0.6) is 0 Å². The number of rotatable bonds is 9. The molecule has 2 aromatic rings. The molecule has 0 bridgehead atoms. The molecule has 0 saturated carbocycles. The third-order valence-electron chi connectivity index (χ3n) is 4.45. The van der Waals surface area contributed by atoms with Crippen molar-refractivity contribution in [3.05, 3.63) is 71.3 Å². The van der Waals surface area contributed by atoms with Gasteiger partial charge in [0.05, 0.1) is 0 Å². The number of benzene rings is 2. The number of hydrogen-bond acceptors (Lipinski definition) is 2. The molecule has 144 valence electrons. The third kappa shape index (κ3) is 6.53. The zero-order valence-corrected chi connectivity index (χ0v) is 16.4. The minimum absolute atomic E-state index is 0.0294. The molecule has 5 nitrogen and oxygen atoms in total. The van der Waals surface area contributed by atoms with E-state index in [1.807, 2.05) is 30.4 Å². The second-order valence-electron chi connectivity index (χ2n) is 6.82. The molecule has 2 atom stereocenters. The van der Waals surface area contributed by atoms with E-state index in [1.165, 1.54) is 5.56 Å². The van der Waals surface area contributed by atoms with Gasteiger partial charge in [-0.2, -0.15) is 0 Å². The first-order chi connectivity index (χ1) is 13.0. The predicted octanol–water partition coefficient (Wildman–Crippen LogP) is 1.68. The Balaban J connectivity index is 2.00. The fourth-order valence-corrected chi connectivity index (χ4v) is 2.89. The number of nitrogens with two attached hydrogens (primary N) is 1. The lowest BCUT2D eigenvalue weighted by Crippen LogP contribution is -2.88. The van der Waals surface area contributed by atoms with Gasteiger partial charge in [-0.3, -0.25) is 9.59 Å². The minimum Gasteiger partial charge on any atom is -0.354 e. The number of carbonyl (C=O) groups excluding carboxylic acids is 2. The summed E-state index contributed by atoms with van der Waals surface area (Å²) in [6.07, 6.45) is 0.871. The van der Waals surface area contributed by atoms with Crippen molar-refractivity contribution >= 4 is 11.8 Å². The molecule has 2 amide bonds. The van der Waals surface area contributed by atoms with Crippen molar-refractivity contribution in [3.8, 4) is 0 Å². The van der Waals surface area contributed by atoms with Crippen molar-refractivity contribution in [3.63, 3.8) is 0 Å². The maximum atomic E-state index is 12.3. The highest BCUT2D eigenvalue weighted by Crippen LogP contribution is 2.18. The van der Waals surface area contributed by atoms with Gasteiger partial charge in [-0.05, 0) is 20.3 Å². The van der Waals surface area contributed by atoms with E-state index in [0.717, 1.165) is 17.5 Å². The number of quaternary nitrogens is 1. The number of carbonyl (C=O) groups is 2. The van der Waals surface area contributed by atoms with Crippen LogP contribution in [0.25, 0.3) is 0 Å². The molecule has 0 saturated heterocycles. The van der Waals surface area contributed by atoms with Crippen molar-refractivity contribution < 1.29 is 14.9 Å². The van der Waals surface area contributed by atoms with E-state index in [1.54, 1.807) is 6.92 Å². The summed E-state index contributed by atoms with van der Waals surface area (Å²) in [5.74, 6) is -0.300. The van der Waals surface area contributed by atoms with E-state index >= 15 is 0 Å². The highest BCUT2D eigenvalue weighted by atomic mass is 16.2. The molecule has 0 heterocycles. The Labute approximate surface area is 161 Å². The first-order valence-corrected chi connectivity index (χ1v) is 9.53. The average molecular weight is 369 g/mol. The van der Waals surface area contributed by atoms with Crippen LogP contribution in [-0.2, 0) is 9.59 Å². The van der Waals surface area contributed by atoms with Gasteiger partial charge in [-0.1, -0.05) is 67.1 Å². The topological polar surface area (TPSA) is 74.8 Å². The summed E-state index contributed by atoms with van der Waals surface area (Å²) in [6, 6.07) is 18.0. The van der Waals surface area contributed by atoms with Gasteiger partial charge in [0.1, 0.15) is 12.1 Å². The second-order valence-corrected chi connectivity index (χ2v) is 6.82. The number of aryl methyl sites for hydroxylation is 1. The number of nitrogens with one attached hydrogen (secondary N) is 2. The summed E-state index contributed by atoms with van der Waals surface area (Å²) in [5, 5.41) is 7.58. The molecule has 0 unspecified atom stereocenters. The average Bonchev–Trinajstić information content (AvgIpc) is 2.68. The molecular weight excluding hydrogens is 338 g/mol. The lowest BCUT2D eigenvalue weighted by Gasteiger charge is -2.18. The molecule has 0 radical (unpaired) electrons. The molecule has 0 aliphatic rings. The Morgan fingerprint density at radius 3 is 2.26 bits per heavy atom. The lowest BCUT2D eigenvalue weighted by molar-refractivity contribution is -0.676. The Morgan fingerprint density at radius 1 is 1.00 bits per heavy atom. The third-order valence-corrected chi connectivity index (χ3v) is 4.45. The van der Waals surface area contributed by atoms with Crippen LogP contribution in [0, 0.1) is 6.92 Å². The van der Waals surface area contributed by atoms with Crippen LogP contribution >= 0.6 is 0 Å². The molecule has 2 aromatic carbocycles. The molecule has 5 heteroatoms. The molecule has 0 aliphatic carbocycles. The summed E-state index contributed by atoms with van der Waals surface area (Å²) >= 11 is 0. The largest absolute Gasteiger partial charge is 0.354 e. The van der Waals surface area contributed by atoms with Crippen molar-refractivity contribution in [2.45, 2.75) is 39.3 Å². The van der Waals surface area contributed by atoms with Crippen molar-refractivity contribution in [2.75, 3.05) is 13.1 Å². The zero-order valence-electron chi connectivity index (χ0n) is 16.4. The Morgan fingerprint density at radius 2 is 1.63 bits per heavy atom. The van der Waals surface area contributed by atoms with Crippen LogP contribution in [0.2, 0.25) is 0 Å². The molecule has 2 rings (SSSR count). The SMILES string of the molecule is CCCNC(=O)[C@H](C)NC(=O)C[NH2+][C@@H](c1ccccc1)c1ccc(C)cc1. The van der Waals surface area contributed by atoms with Gasteiger partial charge in [-0.25, -0.2) is 0 Å². The Bertz CT molecular complexity index is 729. The predicted molar refractivity (Wildman–Crippen MR) is 107 cm³/mol. The van der Waals surface area contributed by atoms with Gasteiger partial charge in [0.15, 0.2) is 6.54 Å². The molecule has 0 aliphatic heterocycles. The quantitative estimate of drug-likeness (QED) is 0.630. The maximum absolute atomic E-state index is 12.3. The minimum atomic E-state index is -0.535. The van der Waals surface area contributed by atoms with E-state index in [-0.39, 0.29) is 24.4 Å². The van der Waals surface area contributed by atoms with E-state index in [4.69, 9.17) is 0 Å². The summed E-state index contributed by atoms with van der Waals surface area (Å²) in [5.41, 5.74) is 3.49. The van der Waals surface area contributed by atoms with Gasteiger partial charge in [0, 0.05) is 17.7 Å². The van der Waals surface area contributed by atoms with Gasteiger partial charge >= 0.3 is 0 Å². The van der Waals surface area contributed by atoms with E-state index in [0.29, 0.717) is 6.54 Å². The molecule has 27 heavy (non-hydrogen) atoms. The monoisotopic (exact) mass is 368 g/mol. The first-order valence-electron chi connectivity index (χ1n) is 9.53. The smallest absolute Gasteiger partial charge is 0.275 e. The van der Waals surface area contributed by atoms with Crippen LogP contribution in [0.1, 0.15) is 43.0 Å². The van der Waals surface area contributed by atoms with Crippen LogP contribution in [-0.4, -0.2) is 30.9 Å². The molecule has 0 spiro atoms. The first kappa shape index (κ1) is 20.6. The summed E-state index contributed by atoms with van der Waals surface area (Å²) in [7, 11) is 0. The standard InChI is InChI=1S/C22H29N3O2/c1-4-14-23-22(27)17(3)25-20(26)15-24-21(18-8-6-5-7-9-18)19-12-10-16(2)11-13-19/h5-13,17,21,24H,4,14-15H2,1-3H3,(H,23,27)(H,25,26)/p+1/t17-,21-/m0/s1. The normalized spacial score (nSPS) is 12.9. The van der Waals surface area contributed by atoms with Gasteiger partial charge < -0.3 is 16.0 Å². The van der Waals surface area contributed by atoms with Crippen molar-refractivity contribution in [1.29, 1.82) is 0 Å². The summed E-state index contributed by atoms with van der Waals surface area (Å²) in [6.45, 7) is 6.63. The molecule has 4 N–H and O–H groups in total. The number of amides is 2. The van der Waals surface area contributed by atoms with Gasteiger partial charge in [0.2, 0.25) is 5.91 Å². The van der Waals surface area contributed by atoms with Crippen LogP contribution in [0.3, 0.4) is 0 Å². The van der Waals surface area contributed by atoms with E-state index in [2.05, 4.69) is 54.0 Å². The molecule has 0 aromatic heterocycles. The second kappa shape index (κ2) is 10.5. The van der Waals surface area contributed by atoms with Crippen molar-refractivity contribution in [1.82, 2.24) is 10.6 Å². The molecule has 0 fully saturated rings. The lowest BCUT2D eigenvalue weighted by atomic mass is 9.98. The fourth-order valence-electron chi connectivity index (χ4n) is 2.89. The van der Waals surface area contributed by atoms with Crippen LogP contribution in [0.15, 0.2) is 54.6 Å². The van der Waals surface area contributed by atoms with E-state index < -0.39 is 6.04 Å². The summed E-state index contributed by atoms with van der Waals surface area (Å²) in [4.78, 5) is 24.2.